The van der Waals surface area contributed by atoms with Crippen molar-refractivity contribution in [1.29, 1.82) is 0 Å². The van der Waals surface area contributed by atoms with Crippen molar-refractivity contribution >= 4 is 5.97 Å². The van der Waals surface area contributed by atoms with Gasteiger partial charge in [-0.3, -0.25) is 0 Å². The van der Waals surface area contributed by atoms with E-state index in [9.17, 15) is 18.0 Å². The minimum Gasteiger partial charge on any atom is -0.467 e. The molecule has 6 heteroatoms. The summed E-state index contributed by atoms with van der Waals surface area (Å²) in [5.74, 6) is -1.72. The van der Waals surface area contributed by atoms with Gasteiger partial charge in [0.15, 0.2) is 0 Å². The number of esters is 1. The van der Waals surface area contributed by atoms with Crippen LogP contribution < -0.4 is 0 Å². The fourth-order valence-electron chi connectivity index (χ4n) is 0.314. The smallest absolute Gasteiger partial charge is 0.427 e. The third-order valence-electron chi connectivity index (χ3n) is 1.13. The largest absolute Gasteiger partial charge is 0.467 e. The van der Waals surface area contributed by atoms with Crippen LogP contribution in [0.25, 0.3) is 0 Å². The average molecular weight is 172 g/mol. The van der Waals surface area contributed by atoms with Gasteiger partial charge in [0.1, 0.15) is 0 Å². The Morgan fingerprint density at radius 1 is 1.45 bits per heavy atom. The molecule has 0 aromatic carbocycles. The molecule has 0 amide bonds. The highest BCUT2D eigenvalue weighted by Gasteiger charge is 2.56. The fourth-order valence-corrected chi connectivity index (χ4v) is 0.314. The van der Waals surface area contributed by atoms with Crippen molar-refractivity contribution in [3.05, 3.63) is 0 Å². The van der Waals surface area contributed by atoms with Crippen molar-refractivity contribution in [3.8, 4) is 0 Å². The highest BCUT2D eigenvalue weighted by atomic mass is 19.4. The number of aliphatic hydroxyl groups is 1. The van der Waals surface area contributed by atoms with Crippen molar-refractivity contribution in [2.24, 2.45) is 0 Å². The number of hydrogen-bond acceptors (Lipinski definition) is 3. The molecule has 0 saturated heterocycles. The van der Waals surface area contributed by atoms with Crippen LogP contribution in [0.1, 0.15) is 6.92 Å². The van der Waals surface area contributed by atoms with Gasteiger partial charge in [-0.05, 0) is 6.92 Å². The number of ether oxygens (including phenoxy) is 1. The first-order valence-corrected chi connectivity index (χ1v) is 2.61. The molecular weight excluding hydrogens is 165 g/mol. The Balaban J connectivity index is 4.59. The summed E-state index contributed by atoms with van der Waals surface area (Å²) in [5.41, 5.74) is -3.41. The van der Waals surface area contributed by atoms with E-state index in [0.717, 1.165) is 7.11 Å². The Morgan fingerprint density at radius 3 is 1.91 bits per heavy atom. The van der Waals surface area contributed by atoms with Gasteiger partial charge in [0, 0.05) is 0 Å². The van der Waals surface area contributed by atoms with Crippen LogP contribution in [-0.4, -0.2) is 30.0 Å². The predicted molar refractivity (Wildman–Crippen MR) is 28.7 cm³/mol. The minimum atomic E-state index is -5.00. The van der Waals surface area contributed by atoms with Crippen molar-refractivity contribution in [2.75, 3.05) is 7.11 Å². The summed E-state index contributed by atoms with van der Waals surface area (Å²) in [7, 11) is 0.766. The molecule has 0 aromatic rings. The van der Waals surface area contributed by atoms with E-state index in [-0.39, 0.29) is 0 Å². The van der Waals surface area contributed by atoms with Gasteiger partial charge in [-0.25, -0.2) is 4.79 Å². The van der Waals surface area contributed by atoms with E-state index in [1.54, 1.807) is 0 Å². The SMILES string of the molecule is COC(=O)C(C)(O)C(F)(F)F. The lowest BCUT2D eigenvalue weighted by atomic mass is 10.1. The first kappa shape index (κ1) is 10.2. The molecule has 0 radical (unpaired) electrons. The zero-order valence-corrected chi connectivity index (χ0v) is 5.90. The van der Waals surface area contributed by atoms with Crippen LogP contribution in [-0.2, 0) is 9.53 Å². The van der Waals surface area contributed by atoms with Crippen LogP contribution in [0.4, 0.5) is 13.2 Å². The van der Waals surface area contributed by atoms with E-state index in [1.165, 1.54) is 0 Å². The second kappa shape index (κ2) is 2.69. The third-order valence-corrected chi connectivity index (χ3v) is 1.13. The Labute approximate surface area is 60.8 Å². The van der Waals surface area contributed by atoms with Crippen molar-refractivity contribution in [3.63, 3.8) is 0 Å². The van der Waals surface area contributed by atoms with Crippen LogP contribution in [0.15, 0.2) is 0 Å². The lowest BCUT2D eigenvalue weighted by Gasteiger charge is -2.22. The Hall–Kier alpha value is -0.780. The summed E-state index contributed by atoms with van der Waals surface area (Å²) in [6.07, 6.45) is -5.00. The van der Waals surface area contributed by atoms with Crippen LogP contribution in [0.5, 0.6) is 0 Å². The second-order valence-electron chi connectivity index (χ2n) is 2.06. The van der Waals surface area contributed by atoms with E-state index in [1.807, 2.05) is 0 Å². The van der Waals surface area contributed by atoms with Crippen molar-refractivity contribution in [2.45, 2.75) is 18.7 Å². The lowest BCUT2D eigenvalue weighted by molar-refractivity contribution is -0.255. The maximum atomic E-state index is 11.7. The second-order valence-corrected chi connectivity index (χ2v) is 2.06. The summed E-state index contributed by atoms with van der Waals surface area (Å²) in [6.45, 7) is 0.332. The van der Waals surface area contributed by atoms with Gasteiger partial charge in [-0.1, -0.05) is 0 Å². The molecule has 1 atom stereocenters. The zero-order valence-electron chi connectivity index (χ0n) is 5.90. The first-order chi connectivity index (χ1) is 4.73. The van der Waals surface area contributed by atoms with Gasteiger partial charge in [0.25, 0.3) is 5.60 Å². The van der Waals surface area contributed by atoms with E-state index in [2.05, 4.69) is 4.74 Å². The molecule has 0 spiro atoms. The molecule has 1 N–H and O–H groups in total. The quantitative estimate of drug-likeness (QED) is 0.585. The molecule has 0 saturated carbocycles. The van der Waals surface area contributed by atoms with E-state index >= 15 is 0 Å². The molecule has 1 unspecified atom stereocenters. The van der Waals surface area contributed by atoms with E-state index in [4.69, 9.17) is 5.11 Å². The molecule has 66 valence electrons. The number of halogens is 3. The van der Waals surface area contributed by atoms with Gasteiger partial charge in [0.05, 0.1) is 7.11 Å². The maximum absolute atomic E-state index is 11.7. The summed E-state index contributed by atoms with van der Waals surface area (Å²) in [6, 6.07) is 0. The number of hydrogen-bond donors (Lipinski definition) is 1. The maximum Gasteiger partial charge on any atom is 0.427 e. The Morgan fingerprint density at radius 2 is 1.82 bits per heavy atom. The number of carbonyl (C=O) groups is 1. The van der Waals surface area contributed by atoms with Crippen LogP contribution >= 0.6 is 0 Å². The fraction of sp³-hybridized carbons (Fsp3) is 0.800. The van der Waals surface area contributed by atoms with E-state index in [0.29, 0.717) is 6.92 Å². The number of carbonyl (C=O) groups excluding carboxylic acids is 1. The summed E-state index contributed by atoms with van der Waals surface area (Å²) >= 11 is 0. The minimum absolute atomic E-state index is 0.332. The van der Waals surface area contributed by atoms with Crippen LogP contribution in [0.2, 0.25) is 0 Å². The van der Waals surface area contributed by atoms with Gasteiger partial charge in [-0.2, -0.15) is 13.2 Å². The summed E-state index contributed by atoms with van der Waals surface area (Å²) in [4.78, 5) is 10.3. The molecular formula is C5H7F3O3. The average Bonchev–Trinajstić information content (AvgIpc) is 1.83. The van der Waals surface area contributed by atoms with Crippen LogP contribution in [0.3, 0.4) is 0 Å². The summed E-state index contributed by atoms with van der Waals surface area (Å²) in [5, 5.41) is 8.52. The Bertz CT molecular complexity index is 161. The third kappa shape index (κ3) is 1.83. The predicted octanol–water partition coefficient (Wildman–Crippen LogP) is 0.473. The zero-order chi connectivity index (χ0) is 9.28. The van der Waals surface area contributed by atoms with Gasteiger partial charge >= 0.3 is 12.1 Å². The Kier molecular flexibility index (Phi) is 2.50. The van der Waals surface area contributed by atoms with Gasteiger partial charge in [0.2, 0.25) is 0 Å². The number of methoxy groups -OCH3 is 1. The molecule has 0 rings (SSSR count). The van der Waals surface area contributed by atoms with Crippen LogP contribution in [0, 0.1) is 0 Å². The monoisotopic (exact) mass is 172 g/mol. The highest BCUT2D eigenvalue weighted by Crippen LogP contribution is 2.30. The highest BCUT2D eigenvalue weighted by molar-refractivity contribution is 5.79. The molecule has 0 fully saturated rings. The first-order valence-electron chi connectivity index (χ1n) is 2.61. The van der Waals surface area contributed by atoms with Gasteiger partial charge < -0.3 is 9.84 Å². The number of alkyl halides is 3. The normalized spacial score (nSPS) is 17.3. The van der Waals surface area contributed by atoms with Gasteiger partial charge in [-0.15, -0.1) is 0 Å². The van der Waals surface area contributed by atoms with Crippen molar-refractivity contribution in [1.82, 2.24) is 0 Å². The molecule has 0 aromatic heterocycles. The molecule has 0 aliphatic rings. The topological polar surface area (TPSA) is 46.5 Å². The molecule has 3 nitrogen and oxygen atoms in total. The van der Waals surface area contributed by atoms with Crippen molar-refractivity contribution < 1.29 is 27.8 Å². The number of rotatable bonds is 1. The molecule has 11 heavy (non-hydrogen) atoms. The standard InChI is InChI=1S/C5H7F3O3/c1-4(10,3(9)11-2)5(6,7)8/h10H,1-2H3. The molecule has 0 aliphatic carbocycles. The molecule has 0 heterocycles. The lowest BCUT2D eigenvalue weighted by Crippen LogP contribution is -2.49. The molecule has 0 bridgehead atoms. The van der Waals surface area contributed by atoms with E-state index < -0.39 is 17.7 Å². The summed E-state index contributed by atoms with van der Waals surface area (Å²) < 4.78 is 38.9. The molecule has 0 aliphatic heterocycles.